The maximum atomic E-state index is 10.9. The summed E-state index contributed by atoms with van der Waals surface area (Å²) in [6.07, 6.45) is 3.45. The van der Waals surface area contributed by atoms with E-state index in [4.69, 9.17) is 0 Å². The fourth-order valence-electron chi connectivity index (χ4n) is 4.57. The highest BCUT2D eigenvalue weighted by atomic mass is 16.3. The Labute approximate surface area is 184 Å². The lowest BCUT2D eigenvalue weighted by Crippen LogP contribution is -1.91. The molecule has 0 saturated heterocycles. The number of nitrogens with zero attached hydrogens (tertiary/aromatic N) is 2. The number of fused-ring (bicyclic) bond motifs is 5. The number of aromatic nitrogens is 2. The Kier molecular flexibility index (Phi) is 4.05. The molecule has 4 nitrogen and oxygen atoms in total. The van der Waals surface area contributed by atoms with E-state index in [0.29, 0.717) is 22.5 Å². The van der Waals surface area contributed by atoms with Crippen LogP contribution in [0.15, 0.2) is 97.3 Å². The number of benzene rings is 4. The molecule has 0 atom stereocenters. The lowest BCUT2D eigenvalue weighted by molar-refractivity contribution is 0.477. The number of pyridine rings is 2. The van der Waals surface area contributed by atoms with Gasteiger partial charge in [0.1, 0.15) is 11.5 Å². The summed E-state index contributed by atoms with van der Waals surface area (Å²) in [7, 11) is 0. The van der Waals surface area contributed by atoms with E-state index in [9.17, 15) is 10.2 Å². The summed E-state index contributed by atoms with van der Waals surface area (Å²) in [6, 6.07) is 26.8. The van der Waals surface area contributed by atoms with Crippen LogP contribution in [0.5, 0.6) is 11.5 Å². The number of phenols is 2. The van der Waals surface area contributed by atoms with Gasteiger partial charge >= 0.3 is 0 Å². The third-order valence-corrected chi connectivity index (χ3v) is 5.95. The predicted octanol–water partition coefficient (Wildman–Crippen LogP) is 6.68. The zero-order chi connectivity index (χ0) is 21.7. The summed E-state index contributed by atoms with van der Waals surface area (Å²) in [5.74, 6) is 0.334. The minimum Gasteiger partial charge on any atom is -0.507 e. The van der Waals surface area contributed by atoms with Gasteiger partial charge in [-0.3, -0.25) is 9.97 Å². The summed E-state index contributed by atoms with van der Waals surface area (Å²) >= 11 is 0. The first-order chi connectivity index (χ1) is 15.7. The van der Waals surface area contributed by atoms with Crippen molar-refractivity contribution in [2.75, 3.05) is 0 Å². The predicted molar refractivity (Wildman–Crippen MR) is 129 cm³/mol. The van der Waals surface area contributed by atoms with Crippen LogP contribution < -0.4 is 0 Å². The molecule has 0 aliphatic heterocycles. The van der Waals surface area contributed by atoms with E-state index in [1.54, 1.807) is 24.5 Å². The number of phenolic OH excluding ortho intramolecular Hbond substituents is 2. The molecule has 0 aliphatic carbocycles. The highest BCUT2D eigenvalue weighted by Gasteiger charge is 2.19. The van der Waals surface area contributed by atoms with Gasteiger partial charge in [0, 0.05) is 23.2 Å². The molecule has 6 rings (SSSR count). The number of rotatable bonds is 2. The van der Waals surface area contributed by atoms with Gasteiger partial charge in [-0.2, -0.15) is 0 Å². The van der Waals surface area contributed by atoms with Crippen molar-refractivity contribution in [1.29, 1.82) is 0 Å². The highest BCUT2D eigenvalue weighted by molar-refractivity contribution is 6.27. The number of hydrogen-bond acceptors (Lipinski definition) is 4. The Morgan fingerprint density at radius 1 is 0.438 bits per heavy atom. The van der Waals surface area contributed by atoms with E-state index in [0.717, 1.165) is 32.3 Å². The molecule has 2 heterocycles. The first-order valence-corrected chi connectivity index (χ1v) is 10.4. The van der Waals surface area contributed by atoms with Crippen molar-refractivity contribution in [1.82, 2.24) is 9.97 Å². The zero-order valence-electron chi connectivity index (χ0n) is 17.0. The van der Waals surface area contributed by atoms with E-state index in [1.165, 1.54) is 0 Å². The van der Waals surface area contributed by atoms with E-state index in [1.807, 2.05) is 48.5 Å². The average molecular weight is 414 g/mol. The summed E-state index contributed by atoms with van der Waals surface area (Å²) in [5, 5.41) is 27.6. The molecule has 0 saturated carbocycles. The van der Waals surface area contributed by atoms with Gasteiger partial charge in [-0.1, -0.05) is 48.5 Å². The van der Waals surface area contributed by atoms with Crippen molar-refractivity contribution in [2.24, 2.45) is 0 Å². The van der Waals surface area contributed by atoms with Crippen LogP contribution in [-0.2, 0) is 0 Å². The quantitative estimate of drug-likeness (QED) is 0.310. The fraction of sp³-hybridized carbons (Fsp3) is 0. The second-order valence-electron chi connectivity index (χ2n) is 7.77. The van der Waals surface area contributed by atoms with Gasteiger partial charge in [0.2, 0.25) is 0 Å². The van der Waals surface area contributed by atoms with Crippen LogP contribution in [0.1, 0.15) is 0 Å². The summed E-state index contributed by atoms with van der Waals surface area (Å²) in [4.78, 5) is 9.05. The second kappa shape index (κ2) is 7.06. The normalized spacial score (nSPS) is 11.4. The molecule has 32 heavy (non-hydrogen) atoms. The van der Waals surface area contributed by atoms with Crippen molar-refractivity contribution in [3.63, 3.8) is 0 Å². The van der Waals surface area contributed by atoms with Crippen LogP contribution in [0.3, 0.4) is 0 Å². The van der Waals surface area contributed by atoms with E-state index in [2.05, 4.69) is 34.2 Å². The zero-order valence-corrected chi connectivity index (χ0v) is 17.0. The molecule has 0 aliphatic rings. The van der Waals surface area contributed by atoms with Crippen molar-refractivity contribution in [2.45, 2.75) is 0 Å². The maximum Gasteiger partial charge on any atom is 0.125 e. The maximum absolute atomic E-state index is 10.9. The van der Waals surface area contributed by atoms with Gasteiger partial charge in [0.25, 0.3) is 0 Å². The van der Waals surface area contributed by atoms with Crippen molar-refractivity contribution < 1.29 is 10.2 Å². The number of aromatic hydroxyl groups is 2. The largest absolute Gasteiger partial charge is 0.507 e. The lowest BCUT2D eigenvalue weighted by Gasteiger charge is -2.16. The molecule has 4 aromatic carbocycles. The van der Waals surface area contributed by atoms with Crippen molar-refractivity contribution in [3.8, 4) is 34.0 Å². The van der Waals surface area contributed by atoms with Crippen LogP contribution >= 0.6 is 0 Å². The molecule has 0 spiro atoms. The van der Waals surface area contributed by atoms with E-state index in [-0.39, 0.29) is 11.5 Å². The Hall–Kier alpha value is -4.44. The molecule has 0 unspecified atom stereocenters. The fourth-order valence-corrected chi connectivity index (χ4v) is 4.57. The molecule has 0 bridgehead atoms. The first kappa shape index (κ1) is 18.3. The van der Waals surface area contributed by atoms with Crippen LogP contribution in [0, 0.1) is 0 Å². The Bertz CT molecular complexity index is 1510. The van der Waals surface area contributed by atoms with Crippen LogP contribution in [0.2, 0.25) is 0 Å². The average Bonchev–Trinajstić information content (AvgIpc) is 2.84. The lowest BCUT2D eigenvalue weighted by atomic mass is 9.89. The highest BCUT2D eigenvalue weighted by Crippen LogP contribution is 2.45. The van der Waals surface area contributed by atoms with Gasteiger partial charge in [-0.05, 0) is 57.9 Å². The van der Waals surface area contributed by atoms with Crippen molar-refractivity contribution in [3.05, 3.63) is 97.3 Å². The van der Waals surface area contributed by atoms with Gasteiger partial charge < -0.3 is 10.2 Å². The smallest absolute Gasteiger partial charge is 0.125 e. The molecule has 0 amide bonds. The third kappa shape index (κ3) is 2.70. The number of hydrogen-bond donors (Lipinski definition) is 2. The molecule has 4 heteroatoms. The molecule has 0 fully saturated rings. The van der Waals surface area contributed by atoms with E-state index >= 15 is 0 Å². The standard InChI is InChI=1S/C28H18N2O2/c31-22-13-11-18-9-7-17-8-10-19-12-14-23(32)28(21-6-2-4-16-30-21)26(19)24(17)25(18)27(22)20-5-1-3-15-29-20/h1-16,31-32H. The van der Waals surface area contributed by atoms with Crippen LogP contribution in [0.25, 0.3) is 54.8 Å². The Balaban J connectivity index is 1.91. The van der Waals surface area contributed by atoms with E-state index < -0.39 is 0 Å². The van der Waals surface area contributed by atoms with Crippen molar-refractivity contribution >= 4 is 32.3 Å². The minimum atomic E-state index is 0.167. The third-order valence-electron chi connectivity index (χ3n) is 5.95. The first-order valence-electron chi connectivity index (χ1n) is 10.4. The summed E-state index contributed by atoms with van der Waals surface area (Å²) < 4.78 is 0. The van der Waals surface area contributed by atoms with Gasteiger partial charge in [-0.25, -0.2) is 0 Å². The molecular formula is C28H18N2O2. The minimum absolute atomic E-state index is 0.167. The summed E-state index contributed by atoms with van der Waals surface area (Å²) in [5.41, 5.74) is 2.74. The Morgan fingerprint density at radius 2 is 0.844 bits per heavy atom. The van der Waals surface area contributed by atoms with Crippen LogP contribution in [0.4, 0.5) is 0 Å². The second-order valence-corrected chi connectivity index (χ2v) is 7.77. The van der Waals surface area contributed by atoms with Crippen LogP contribution in [-0.4, -0.2) is 20.2 Å². The topological polar surface area (TPSA) is 66.2 Å². The summed E-state index contributed by atoms with van der Waals surface area (Å²) in [6.45, 7) is 0. The SMILES string of the molecule is Oc1ccc2ccc3ccc4ccc(O)c(-c5ccccn5)c4c3c2c1-c1ccccn1. The molecule has 2 N–H and O–H groups in total. The molecular weight excluding hydrogens is 396 g/mol. The van der Waals surface area contributed by atoms with Gasteiger partial charge in [-0.15, -0.1) is 0 Å². The molecule has 6 aromatic rings. The van der Waals surface area contributed by atoms with Gasteiger partial charge in [0.05, 0.1) is 22.5 Å². The molecule has 152 valence electrons. The monoisotopic (exact) mass is 414 g/mol. The molecule has 2 aromatic heterocycles. The van der Waals surface area contributed by atoms with Gasteiger partial charge in [0.15, 0.2) is 0 Å². The molecule has 0 radical (unpaired) electrons. The Morgan fingerprint density at radius 3 is 1.25 bits per heavy atom.